The molecule has 2 N–H and O–H groups in total. The summed E-state index contributed by atoms with van der Waals surface area (Å²) in [6.07, 6.45) is 4.70. The minimum absolute atomic E-state index is 0.000534. The van der Waals surface area contributed by atoms with Crippen LogP contribution in [0, 0.1) is 0 Å². The Morgan fingerprint density at radius 1 is 0.365 bits per heavy atom. The number of fused-ring (bicyclic) bond motifs is 6. The molecule has 1 aliphatic carbocycles. The first-order valence-corrected chi connectivity index (χ1v) is 29.6. The lowest BCUT2D eigenvalue weighted by Gasteiger charge is -2.31. The molecule has 0 radical (unpaired) electrons. The summed E-state index contributed by atoms with van der Waals surface area (Å²) in [5.74, 6) is 2.19. The van der Waals surface area contributed by atoms with E-state index in [-0.39, 0.29) is 32.5 Å². The number of phenolic OH excluding ortho intramolecular Hbond substituents is 2. The molecule has 2 aromatic heterocycles. The Bertz CT molecular complexity index is 3060. The second kappa shape index (κ2) is 19.0. The highest BCUT2D eigenvalue weighted by Crippen LogP contribution is 2.47. The van der Waals surface area contributed by atoms with E-state index in [1.165, 1.54) is 67.8 Å². The molecule has 1 saturated carbocycles. The van der Waals surface area contributed by atoms with E-state index in [1.54, 1.807) is 0 Å². The van der Waals surface area contributed by atoms with Crippen LogP contribution in [0.25, 0.3) is 55.0 Å². The van der Waals surface area contributed by atoms with Crippen molar-refractivity contribution in [3.05, 3.63) is 142 Å². The molecule has 0 saturated heterocycles. The number of benzene rings is 6. The highest BCUT2D eigenvalue weighted by atomic mass is 32.2. The highest BCUT2D eigenvalue weighted by molar-refractivity contribution is 8.03. The van der Waals surface area contributed by atoms with Crippen LogP contribution in [0.5, 0.6) is 11.5 Å². The topological polar surface area (TPSA) is 50.3 Å². The molecule has 6 heteroatoms. The van der Waals surface area contributed by atoms with E-state index < -0.39 is 0 Å². The van der Waals surface area contributed by atoms with Gasteiger partial charge in [0.1, 0.15) is 11.5 Å². The van der Waals surface area contributed by atoms with Gasteiger partial charge in [-0.1, -0.05) is 174 Å². The molecule has 74 heavy (non-hydrogen) atoms. The fourth-order valence-electron chi connectivity index (χ4n) is 11.1. The van der Waals surface area contributed by atoms with Crippen LogP contribution in [0.1, 0.15) is 195 Å². The van der Waals surface area contributed by atoms with Crippen LogP contribution in [-0.4, -0.2) is 29.8 Å². The van der Waals surface area contributed by atoms with Crippen molar-refractivity contribution in [2.75, 3.05) is 0 Å². The van der Waals surface area contributed by atoms with Gasteiger partial charge in [0.05, 0.1) is 33.4 Å². The maximum atomic E-state index is 12.7. The lowest BCUT2D eigenvalue weighted by atomic mass is 9.85. The largest absolute Gasteiger partial charge is 0.505 e. The average Bonchev–Trinajstić information content (AvgIpc) is 3.80. The van der Waals surface area contributed by atoms with Crippen molar-refractivity contribution in [3.8, 4) is 22.9 Å². The van der Waals surface area contributed by atoms with Gasteiger partial charge in [0, 0.05) is 54.7 Å². The third-order valence-electron chi connectivity index (χ3n) is 16.1. The molecular formula is C68H86N2O2S2. The molecule has 2 heterocycles. The monoisotopic (exact) mass is 1030 g/mol. The fraction of sp³-hybridized carbons (Fsp3) is 0.471. The normalized spacial score (nSPS) is 16.6. The number of hydrogen-bond donors (Lipinski definition) is 2. The van der Waals surface area contributed by atoms with Crippen molar-refractivity contribution < 1.29 is 10.2 Å². The van der Waals surface area contributed by atoms with Gasteiger partial charge < -0.3 is 19.3 Å². The van der Waals surface area contributed by atoms with Crippen molar-refractivity contribution in [1.29, 1.82) is 0 Å². The van der Waals surface area contributed by atoms with Gasteiger partial charge >= 0.3 is 0 Å². The van der Waals surface area contributed by atoms with E-state index in [2.05, 4.69) is 231 Å². The Morgan fingerprint density at radius 2 is 0.622 bits per heavy atom. The zero-order chi connectivity index (χ0) is 53.8. The van der Waals surface area contributed by atoms with Gasteiger partial charge in [-0.2, -0.15) is 23.5 Å². The second-order valence-electron chi connectivity index (χ2n) is 28.1. The van der Waals surface area contributed by atoms with E-state index in [1.807, 2.05) is 23.5 Å². The van der Waals surface area contributed by atoms with Crippen molar-refractivity contribution >= 4 is 67.1 Å². The zero-order valence-corrected chi connectivity index (χ0v) is 49.9. The molecule has 6 aromatic carbocycles. The summed E-state index contributed by atoms with van der Waals surface area (Å²) in [4.78, 5) is 0. The molecule has 1 aliphatic rings. The maximum absolute atomic E-state index is 12.7. The smallest absolute Gasteiger partial charge is 0.143 e. The molecule has 2 unspecified atom stereocenters. The van der Waals surface area contributed by atoms with Crippen LogP contribution in [0.15, 0.2) is 97.1 Å². The molecule has 2 atom stereocenters. The summed E-state index contributed by atoms with van der Waals surface area (Å²) in [6, 6.07) is 36.8. The summed E-state index contributed by atoms with van der Waals surface area (Å²) >= 11 is 4.03. The Hall–Kier alpha value is -4.78. The fourth-order valence-corrected chi connectivity index (χ4v) is 14.1. The summed E-state index contributed by atoms with van der Waals surface area (Å²) < 4.78 is 4.67. The standard InChI is InChI=1S/C68H86N2O2S2/c1-63(2,3)43-23-27-53-49(33-43)50-34-44(64(4,5)6)24-28-54(50)69(53)57-37-47(67(13,14)15)31-41(61(57)71)39-73-59-21-19-20-22-60(59)74-40-42-32-48(68(16,17)18)38-58(62(42)72)70-55-29-25-45(65(7,8)9)35-51(55)52-36-46(66(10,11)12)26-30-56(52)70/h23-38,59-60,71-72H,19-22,39-40H2,1-18H3. The molecular weight excluding hydrogens is 941 g/mol. The third-order valence-corrected chi connectivity index (χ3v) is 19.2. The quantitative estimate of drug-likeness (QED) is 0.159. The van der Waals surface area contributed by atoms with Gasteiger partial charge in [0.15, 0.2) is 0 Å². The minimum Gasteiger partial charge on any atom is -0.505 e. The van der Waals surface area contributed by atoms with Crippen molar-refractivity contribution in [3.63, 3.8) is 0 Å². The minimum atomic E-state index is -0.130. The van der Waals surface area contributed by atoms with E-state index in [9.17, 15) is 10.2 Å². The number of rotatable bonds is 8. The predicted octanol–water partition coefficient (Wildman–Crippen LogP) is 19.6. The number of thioether (sulfide) groups is 2. The SMILES string of the molecule is CC(C)(C)c1cc(CSC2CCCCC2SCc2cc(C(C)(C)C)cc(-n3c4ccc(C(C)(C)C)cc4c4cc(C(C)(C)C)ccc43)c2O)c(O)c(-n2c3ccc(C(C)(C)C)cc3c3cc(C(C)(C)C)ccc32)c1. The van der Waals surface area contributed by atoms with Crippen molar-refractivity contribution in [2.24, 2.45) is 0 Å². The second-order valence-corrected chi connectivity index (χ2v) is 30.5. The Morgan fingerprint density at radius 3 is 0.865 bits per heavy atom. The maximum Gasteiger partial charge on any atom is 0.143 e. The number of phenols is 2. The van der Waals surface area contributed by atoms with E-state index in [0.717, 1.165) is 68.9 Å². The summed E-state index contributed by atoms with van der Waals surface area (Å²) in [6.45, 7) is 41.1. The van der Waals surface area contributed by atoms with Gasteiger partial charge in [-0.05, 0) is 139 Å². The van der Waals surface area contributed by atoms with Crippen LogP contribution >= 0.6 is 23.5 Å². The van der Waals surface area contributed by atoms with E-state index in [0.29, 0.717) is 22.0 Å². The first-order valence-electron chi connectivity index (χ1n) is 27.5. The van der Waals surface area contributed by atoms with Crippen LogP contribution in [0.3, 0.4) is 0 Å². The lowest BCUT2D eigenvalue weighted by Crippen LogP contribution is -2.25. The van der Waals surface area contributed by atoms with Gasteiger partial charge in [-0.3, -0.25) is 0 Å². The van der Waals surface area contributed by atoms with Crippen molar-refractivity contribution in [1.82, 2.24) is 9.13 Å². The first kappa shape index (κ1) is 54.0. The number of aromatic nitrogens is 2. The number of nitrogens with zero attached hydrogens (tertiary/aromatic N) is 2. The van der Waals surface area contributed by atoms with Gasteiger partial charge in [-0.15, -0.1) is 0 Å². The summed E-state index contributed by atoms with van der Waals surface area (Å²) in [5.41, 5.74) is 15.6. The highest BCUT2D eigenvalue weighted by Gasteiger charge is 2.31. The molecule has 0 amide bonds. The summed E-state index contributed by atoms with van der Waals surface area (Å²) in [5, 5.41) is 31.1. The Labute approximate surface area is 453 Å². The zero-order valence-electron chi connectivity index (χ0n) is 48.2. The molecule has 4 nitrogen and oxygen atoms in total. The number of hydrogen-bond acceptors (Lipinski definition) is 4. The van der Waals surface area contributed by atoms with Gasteiger partial charge in [0.2, 0.25) is 0 Å². The molecule has 9 rings (SSSR count). The molecule has 0 aliphatic heterocycles. The van der Waals surface area contributed by atoms with Gasteiger partial charge in [0.25, 0.3) is 0 Å². The van der Waals surface area contributed by atoms with E-state index >= 15 is 0 Å². The van der Waals surface area contributed by atoms with Crippen LogP contribution in [0.4, 0.5) is 0 Å². The van der Waals surface area contributed by atoms with Crippen LogP contribution < -0.4 is 0 Å². The molecule has 0 bridgehead atoms. The Kier molecular flexibility index (Phi) is 13.9. The van der Waals surface area contributed by atoms with Crippen LogP contribution in [-0.2, 0) is 44.0 Å². The predicted molar refractivity (Wildman–Crippen MR) is 326 cm³/mol. The molecule has 8 aromatic rings. The molecule has 1 fully saturated rings. The summed E-state index contributed by atoms with van der Waals surface area (Å²) in [7, 11) is 0. The lowest BCUT2D eigenvalue weighted by molar-refractivity contribution is 0.466. The Balaban J connectivity index is 1.07. The van der Waals surface area contributed by atoms with Crippen molar-refractivity contribution in [2.45, 2.75) is 205 Å². The number of aromatic hydroxyl groups is 2. The van der Waals surface area contributed by atoms with E-state index in [4.69, 9.17) is 0 Å². The van der Waals surface area contributed by atoms with Gasteiger partial charge in [-0.25, -0.2) is 0 Å². The third kappa shape index (κ3) is 10.4. The van der Waals surface area contributed by atoms with Crippen LogP contribution in [0.2, 0.25) is 0 Å². The average molecular weight is 1030 g/mol. The molecule has 392 valence electrons. The first-order chi connectivity index (χ1) is 34.3. The molecule has 0 spiro atoms.